The van der Waals surface area contributed by atoms with Crippen molar-refractivity contribution in [3.8, 4) is 0 Å². The minimum absolute atomic E-state index is 0.142. The molecule has 2 aromatic carbocycles. The minimum atomic E-state index is -0.408. The molecule has 122 valence electrons. The Kier molecular flexibility index (Phi) is 5.01. The van der Waals surface area contributed by atoms with E-state index < -0.39 is 5.97 Å². The molecule has 24 heavy (non-hydrogen) atoms. The molecule has 1 aromatic heterocycles. The molecule has 5 heteroatoms. The predicted molar refractivity (Wildman–Crippen MR) is 95.5 cm³/mol. The van der Waals surface area contributed by atoms with Crippen LogP contribution in [0.4, 0.5) is 0 Å². The lowest BCUT2D eigenvalue weighted by Gasteiger charge is -2.05. The topological polar surface area (TPSA) is 59.2 Å². The lowest BCUT2D eigenvalue weighted by Crippen LogP contribution is -2.15. The van der Waals surface area contributed by atoms with E-state index in [0.29, 0.717) is 5.56 Å². The number of esters is 1. The van der Waals surface area contributed by atoms with Crippen molar-refractivity contribution in [3.05, 3.63) is 65.9 Å². The quantitative estimate of drug-likeness (QED) is 0.421. The second-order valence-corrected chi connectivity index (χ2v) is 6.23. The number of ether oxygens (including phenoxy) is 1. The number of carbonyl (C=O) groups is 2. The number of benzene rings is 2. The van der Waals surface area contributed by atoms with Crippen molar-refractivity contribution < 1.29 is 14.3 Å². The fourth-order valence-corrected chi connectivity index (χ4v) is 2.90. The zero-order valence-corrected chi connectivity index (χ0v) is 14.1. The van der Waals surface area contributed by atoms with Gasteiger partial charge in [0.05, 0.1) is 6.42 Å². The zero-order valence-electron chi connectivity index (χ0n) is 13.2. The van der Waals surface area contributed by atoms with Gasteiger partial charge in [-0.25, -0.2) is 0 Å². The van der Waals surface area contributed by atoms with Crippen LogP contribution in [0.1, 0.15) is 15.9 Å². The first kappa shape index (κ1) is 16.3. The summed E-state index contributed by atoms with van der Waals surface area (Å²) in [7, 11) is 0. The second-order valence-electron chi connectivity index (χ2n) is 5.35. The molecule has 0 amide bonds. The van der Waals surface area contributed by atoms with Gasteiger partial charge in [-0.2, -0.15) is 0 Å². The van der Waals surface area contributed by atoms with Gasteiger partial charge in [0.2, 0.25) is 0 Å². The number of para-hydroxylation sites is 1. The Balaban J connectivity index is 1.57. The number of hydrogen-bond acceptors (Lipinski definition) is 4. The van der Waals surface area contributed by atoms with Gasteiger partial charge >= 0.3 is 5.97 Å². The maximum atomic E-state index is 12.1. The monoisotopic (exact) mass is 339 g/mol. The number of fused-ring (bicyclic) bond motifs is 1. The van der Waals surface area contributed by atoms with Gasteiger partial charge in [-0.15, -0.1) is 11.8 Å². The molecule has 3 rings (SSSR count). The average molecular weight is 339 g/mol. The van der Waals surface area contributed by atoms with Crippen LogP contribution in [-0.4, -0.2) is 29.6 Å². The SMILES string of the molecule is CSc1ccc(C(=O)COC(=O)Cc2c[nH]c3ccccc23)cc1. The Labute approximate surface area is 144 Å². The first-order valence-electron chi connectivity index (χ1n) is 7.55. The lowest BCUT2D eigenvalue weighted by molar-refractivity contribution is -0.141. The van der Waals surface area contributed by atoms with Crippen molar-refractivity contribution in [2.45, 2.75) is 11.3 Å². The van der Waals surface area contributed by atoms with E-state index in [2.05, 4.69) is 4.98 Å². The molecule has 3 aromatic rings. The number of aromatic amines is 1. The number of rotatable bonds is 6. The molecule has 4 nitrogen and oxygen atoms in total. The largest absolute Gasteiger partial charge is 0.457 e. The summed E-state index contributed by atoms with van der Waals surface area (Å²) >= 11 is 1.61. The van der Waals surface area contributed by atoms with E-state index in [-0.39, 0.29) is 18.8 Å². The molecule has 1 heterocycles. The number of thioether (sulfide) groups is 1. The maximum Gasteiger partial charge on any atom is 0.310 e. The lowest BCUT2D eigenvalue weighted by atomic mass is 10.1. The summed E-state index contributed by atoms with van der Waals surface area (Å²) in [6.45, 7) is -0.236. The second kappa shape index (κ2) is 7.36. The molecule has 0 unspecified atom stereocenters. The van der Waals surface area contributed by atoms with E-state index in [9.17, 15) is 9.59 Å². The van der Waals surface area contributed by atoms with E-state index in [0.717, 1.165) is 21.4 Å². The molecule has 1 N–H and O–H groups in total. The highest BCUT2D eigenvalue weighted by atomic mass is 32.2. The highest BCUT2D eigenvalue weighted by Crippen LogP contribution is 2.18. The molecule has 0 saturated heterocycles. The van der Waals surface area contributed by atoms with Crippen LogP contribution in [0.15, 0.2) is 59.6 Å². The molecule has 0 saturated carbocycles. The van der Waals surface area contributed by atoms with Gasteiger partial charge < -0.3 is 9.72 Å². The molecule has 0 aliphatic rings. The van der Waals surface area contributed by atoms with E-state index in [1.807, 2.05) is 42.7 Å². The van der Waals surface area contributed by atoms with Gasteiger partial charge in [0, 0.05) is 27.6 Å². The summed E-state index contributed by atoms with van der Waals surface area (Å²) in [4.78, 5) is 28.3. The Bertz CT molecular complexity index is 868. The maximum absolute atomic E-state index is 12.1. The summed E-state index contributed by atoms with van der Waals surface area (Å²) in [5, 5.41) is 0.994. The van der Waals surface area contributed by atoms with Crippen LogP contribution in [-0.2, 0) is 16.0 Å². The van der Waals surface area contributed by atoms with Crippen LogP contribution in [0, 0.1) is 0 Å². The van der Waals surface area contributed by atoms with Crippen molar-refractivity contribution in [1.82, 2.24) is 4.98 Å². The van der Waals surface area contributed by atoms with Crippen LogP contribution < -0.4 is 0 Å². The van der Waals surface area contributed by atoms with Crippen LogP contribution in [0.2, 0.25) is 0 Å². The minimum Gasteiger partial charge on any atom is -0.457 e. The van der Waals surface area contributed by atoms with Crippen molar-refractivity contribution in [2.75, 3.05) is 12.9 Å². The molecule has 0 spiro atoms. The van der Waals surface area contributed by atoms with E-state index in [1.165, 1.54) is 0 Å². The smallest absolute Gasteiger partial charge is 0.310 e. The van der Waals surface area contributed by atoms with Crippen molar-refractivity contribution in [1.29, 1.82) is 0 Å². The Morgan fingerprint density at radius 2 is 1.83 bits per heavy atom. The Hall–Kier alpha value is -2.53. The third-order valence-corrected chi connectivity index (χ3v) is 4.53. The highest BCUT2D eigenvalue weighted by Gasteiger charge is 2.12. The third kappa shape index (κ3) is 3.68. The van der Waals surface area contributed by atoms with Crippen molar-refractivity contribution >= 4 is 34.4 Å². The van der Waals surface area contributed by atoms with Crippen LogP contribution in [0.3, 0.4) is 0 Å². The van der Waals surface area contributed by atoms with Gasteiger partial charge in [0.1, 0.15) is 0 Å². The Morgan fingerprint density at radius 1 is 1.08 bits per heavy atom. The normalized spacial score (nSPS) is 10.7. The molecule has 0 aliphatic heterocycles. The van der Waals surface area contributed by atoms with E-state index in [1.54, 1.807) is 30.1 Å². The summed E-state index contributed by atoms with van der Waals surface area (Å²) in [6, 6.07) is 15.0. The fourth-order valence-electron chi connectivity index (χ4n) is 2.49. The first-order chi connectivity index (χ1) is 11.7. The summed E-state index contributed by atoms with van der Waals surface area (Å²) in [6.07, 6.45) is 3.92. The summed E-state index contributed by atoms with van der Waals surface area (Å²) < 4.78 is 5.13. The van der Waals surface area contributed by atoms with E-state index >= 15 is 0 Å². The summed E-state index contributed by atoms with van der Waals surface area (Å²) in [5.41, 5.74) is 2.39. The van der Waals surface area contributed by atoms with Gasteiger partial charge in [0.25, 0.3) is 0 Å². The van der Waals surface area contributed by atoms with Crippen LogP contribution in [0.5, 0.6) is 0 Å². The molecular formula is C19H17NO3S. The fraction of sp³-hybridized carbons (Fsp3) is 0.158. The van der Waals surface area contributed by atoms with Crippen LogP contribution >= 0.6 is 11.8 Å². The first-order valence-corrected chi connectivity index (χ1v) is 8.77. The molecule has 0 radical (unpaired) electrons. The van der Waals surface area contributed by atoms with Gasteiger partial charge in [-0.1, -0.05) is 30.3 Å². The number of ketones is 1. The van der Waals surface area contributed by atoms with Crippen molar-refractivity contribution in [2.24, 2.45) is 0 Å². The molecule has 0 bridgehead atoms. The number of hydrogen-bond donors (Lipinski definition) is 1. The van der Waals surface area contributed by atoms with Crippen LogP contribution in [0.25, 0.3) is 10.9 Å². The average Bonchev–Trinajstić information content (AvgIpc) is 3.03. The van der Waals surface area contributed by atoms with Gasteiger partial charge in [-0.05, 0) is 30.0 Å². The zero-order chi connectivity index (χ0) is 16.9. The number of H-pyrrole nitrogens is 1. The number of aromatic nitrogens is 1. The van der Waals surface area contributed by atoms with Gasteiger partial charge in [0.15, 0.2) is 12.4 Å². The molecule has 0 atom stereocenters. The Morgan fingerprint density at radius 3 is 2.58 bits per heavy atom. The highest BCUT2D eigenvalue weighted by molar-refractivity contribution is 7.98. The molecule has 0 aliphatic carbocycles. The molecular weight excluding hydrogens is 322 g/mol. The van der Waals surface area contributed by atoms with Gasteiger partial charge in [-0.3, -0.25) is 9.59 Å². The molecule has 0 fully saturated rings. The number of Topliss-reactive ketones (excluding diaryl/α,β-unsaturated/α-hetero) is 1. The summed E-state index contributed by atoms with van der Waals surface area (Å²) in [5.74, 6) is -0.608. The number of carbonyl (C=O) groups excluding carboxylic acids is 2. The third-order valence-electron chi connectivity index (χ3n) is 3.79. The predicted octanol–water partition coefficient (Wildman–Crippen LogP) is 3.86. The van der Waals surface area contributed by atoms with E-state index in [4.69, 9.17) is 4.74 Å². The standard InChI is InChI=1S/C19H17NO3S/c1-24-15-8-6-13(7-9-15)18(21)12-23-19(22)10-14-11-20-17-5-3-2-4-16(14)17/h2-9,11,20H,10,12H2,1H3. The van der Waals surface area contributed by atoms with Crippen molar-refractivity contribution in [3.63, 3.8) is 0 Å². The number of nitrogens with one attached hydrogen (secondary N) is 1.